The molecule has 0 aliphatic heterocycles. The molecule has 0 amide bonds. The van der Waals surface area contributed by atoms with Crippen molar-refractivity contribution in [2.75, 3.05) is 7.11 Å². The third-order valence-electron chi connectivity index (χ3n) is 9.27. The number of halogens is 1. The van der Waals surface area contributed by atoms with Crippen molar-refractivity contribution >= 4 is 28.7 Å². The molecule has 0 saturated carbocycles. The second-order valence-corrected chi connectivity index (χ2v) is 12.1. The van der Waals surface area contributed by atoms with E-state index in [0.29, 0.717) is 16.2 Å². The Morgan fingerprint density at radius 3 is 1.47 bits per heavy atom. The van der Waals surface area contributed by atoms with Crippen LogP contribution in [0.3, 0.4) is 0 Å². The summed E-state index contributed by atoms with van der Waals surface area (Å²) in [6.45, 7) is 0. The quantitative estimate of drug-likeness (QED) is 0.131. The van der Waals surface area contributed by atoms with E-state index in [1.165, 1.54) is 0 Å². The molecule has 0 aromatic heterocycles. The van der Waals surface area contributed by atoms with Crippen molar-refractivity contribution in [2.24, 2.45) is 5.41 Å². The SMILES string of the molecule is CO[C@@]12C=C(c3ccc(Cl)cc3)C(=O)[C@@](C(c3ccccc3)c3ccccc3)(C=C1C(c1ccccc1)c1ccccc1)C2=O. The fraction of sp³-hybridized carbons (Fsp3) is 0.122. The van der Waals surface area contributed by atoms with Crippen molar-refractivity contribution in [2.45, 2.75) is 17.4 Å². The number of rotatable bonds is 8. The normalized spacial score (nSPS) is 20.8. The molecule has 0 N–H and O–H groups in total. The average molecular weight is 607 g/mol. The number of carbonyl (C=O) groups excluding carboxylic acids is 2. The Balaban J connectivity index is 1.59. The summed E-state index contributed by atoms with van der Waals surface area (Å²) in [6, 6.07) is 47.2. The van der Waals surface area contributed by atoms with Crippen LogP contribution in [0.4, 0.5) is 0 Å². The summed E-state index contributed by atoms with van der Waals surface area (Å²) in [7, 11) is 1.57. The minimum Gasteiger partial charge on any atom is -0.362 e. The van der Waals surface area contributed by atoms with Gasteiger partial charge in [-0.05, 0) is 51.6 Å². The van der Waals surface area contributed by atoms with Crippen molar-refractivity contribution in [1.29, 1.82) is 0 Å². The van der Waals surface area contributed by atoms with Crippen LogP contribution in [0.15, 0.2) is 163 Å². The van der Waals surface area contributed by atoms with Gasteiger partial charge in [0.05, 0.1) is 0 Å². The zero-order valence-corrected chi connectivity index (χ0v) is 25.5. The van der Waals surface area contributed by atoms with Crippen LogP contribution in [0.2, 0.25) is 5.02 Å². The van der Waals surface area contributed by atoms with E-state index in [-0.39, 0.29) is 17.5 Å². The van der Waals surface area contributed by atoms with E-state index < -0.39 is 16.9 Å². The van der Waals surface area contributed by atoms with Crippen LogP contribution in [0.25, 0.3) is 5.57 Å². The van der Waals surface area contributed by atoms with Gasteiger partial charge >= 0.3 is 0 Å². The Kier molecular flexibility index (Phi) is 7.45. The summed E-state index contributed by atoms with van der Waals surface area (Å²) in [5.41, 5.74) is 2.55. The lowest BCUT2D eigenvalue weighted by Gasteiger charge is -2.41. The first-order valence-corrected chi connectivity index (χ1v) is 15.4. The molecule has 45 heavy (non-hydrogen) atoms. The topological polar surface area (TPSA) is 43.4 Å². The lowest BCUT2D eigenvalue weighted by molar-refractivity contribution is -0.145. The number of fused-ring (bicyclic) bond motifs is 2. The van der Waals surface area contributed by atoms with E-state index in [1.54, 1.807) is 25.3 Å². The number of hydrogen-bond acceptors (Lipinski definition) is 3. The van der Waals surface area contributed by atoms with Gasteiger partial charge in [-0.3, -0.25) is 9.59 Å². The summed E-state index contributed by atoms with van der Waals surface area (Å²) in [5.74, 6) is -1.48. The first-order valence-electron chi connectivity index (χ1n) is 15.1. The van der Waals surface area contributed by atoms with Gasteiger partial charge in [0.25, 0.3) is 0 Å². The largest absolute Gasteiger partial charge is 0.362 e. The molecule has 5 aromatic rings. The average Bonchev–Trinajstić information content (AvgIpc) is 3.27. The van der Waals surface area contributed by atoms with E-state index in [4.69, 9.17) is 16.3 Å². The van der Waals surface area contributed by atoms with Crippen molar-refractivity contribution in [3.05, 3.63) is 196 Å². The second-order valence-electron chi connectivity index (χ2n) is 11.6. The maximum Gasteiger partial charge on any atom is 0.191 e. The van der Waals surface area contributed by atoms with E-state index in [9.17, 15) is 0 Å². The van der Waals surface area contributed by atoms with Gasteiger partial charge in [-0.25, -0.2) is 0 Å². The van der Waals surface area contributed by atoms with Crippen LogP contribution in [0.5, 0.6) is 0 Å². The van der Waals surface area contributed by atoms with E-state index in [2.05, 4.69) is 24.3 Å². The lowest BCUT2D eigenvalue weighted by Crippen LogP contribution is -2.54. The van der Waals surface area contributed by atoms with Gasteiger partial charge in [-0.15, -0.1) is 0 Å². The Morgan fingerprint density at radius 1 is 0.578 bits per heavy atom. The Bertz CT molecular complexity index is 1840. The predicted octanol–water partition coefficient (Wildman–Crippen LogP) is 8.85. The molecule has 2 bridgehead atoms. The molecule has 2 atom stereocenters. The molecule has 220 valence electrons. The molecule has 5 aromatic carbocycles. The third-order valence-corrected chi connectivity index (χ3v) is 9.52. The van der Waals surface area contributed by atoms with Gasteiger partial charge in [0, 0.05) is 29.5 Å². The monoisotopic (exact) mass is 606 g/mol. The molecule has 0 spiro atoms. The lowest BCUT2D eigenvalue weighted by atomic mass is 9.59. The Morgan fingerprint density at radius 2 is 1.02 bits per heavy atom. The number of Topliss-reactive ketones (excluding diaryl/α,β-unsaturated/α-hetero) is 2. The van der Waals surface area contributed by atoms with Crippen LogP contribution in [-0.4, -0.2) is 24.3 Å². The highest BCUT2D eigenvalue weighted by molar-refractivity contribution is 6.38. The maximum absolute atomic E-state index is 15.4. The molecule has 2 aliphatic carbocycles. The van der Waals surface area contributed by atoms with Crippen molar-refractivity contribution in [3.63, 3.8) is 0 Å². The zero-order chi connectivity index (χ0) is 31.0. The number of ether oxygens (including phenoxy) is 1. The van der Waals surface area contributed by atoms with Gasteiger partial charge in [0.1, 0.15) is 5.41 Å². The summed E-state index contributed by atoms with van der Waals surface area (Å²) in [4.78, 5) is 30.7. The minimum absolute atomic E-state index is 0.255. The van der Waals surface area contributed by atoms with Gasteiger partial charge in [0.2, 0.25) is 0 Å². The van der Waals surface area contributed by atoms with Crippen LogP contribution >= 0.6 is 11.6 Å². The van der Waals surface area contributed by atoms with Crippen LogP contribution in [0.1, 0.15) is 39.7 Å². The van der Waals surface area contributed by atoms with E-state index in [0.717, 1.165) is 27.8 Å². The molecular formula is C41H31ClO3. The number of carbonyl (C=O) groups is 2. The maximum atomic E-state index is 15.4. The van der Waals surface area contributed by atoms with Crippen LogP contribution in [-0.2, 0) is 14.3 Å². The smallest absolute Gasteiger partial charge is 0.191 e. The van der Waals surface area contributed by atoms with Crippen LogP contribution < -0.4 is 0 Å². The Labute approximate surface area is 268 Å². The highest BCUT2D eigenvalue weighted by Gasteiger charge is 2.68. The zero-order valence-electron chi connectivity index (χ0n) is 24.8. The molecule has 0 fully saturated rings. The molecule has 4 heteroatoms. The molecular weight excluding hydrogens is 576 g/mol. The van der Waals surface area contributed by atoms with Crippen LogP contribution in [0, 0.1) is 5.41 Å². The van der Waals surface area contributed by atoms with Gasteiger partial charge in [-0.1, -0.05) is 151 Å². The van der Waals surface area contributed by atoms with Gasteiger partial charge in [0.15, 0.2) is 17.2 Å². The highest BCUT2D eigenvalue weighted by Crippen LogP contribution is 2.61. The molecule has 0 radical (unpaired) electrons. The molecule has 3 nitrogen and oxygen atoms in total. The third kappa shape index (κ3) is 4.63. The first-order chi connectivity index (χ1) is 22.0. The first kappa shape index (κ1) is 28.9. The fourth-order valence-corrected chi connectivity index (χ4v) is 7.40. The predicted molar refractivity (Wildman–Crippen MR) is 179 cm³/mol. The number of benzene rings is 5. The number of methoxy groups -OCH3 is 1. The number of hydrogen-bond donors (Lipinski definition) is 0. The molecule has 7 rings (SSSR count). The van der Waals surface area contributed by atoms with Crippen molar-refractivity contribution in [3.8, 4) is 0 Å². The number of ketones is 2. The van der Waals surface area contributed by atoms with Crippen molar-refractivity contribution in [1.82, 2.24) is 0 Å². The summed E-state index contributed by atoms with van der Waals surface area (Å²) in [6.07, 6.45) is 3.71. The summed E-state index contributed by atoms with van der Waals surface area (Å²) in [5, 5.41) is 0.566. The summed E-state index contributed by atoms with van der Waals surface area (Å²) >= 11 is 6.28. The summed E-state index contributed by atoms with van der Waals surface area (Å²) < 4.78 is 6.42. The van der Waals surface area contributed by atoms with E-state index in [1.807, 2.05) is 115 Å². The molecule has 0 unspecified atom stereocenters. The molecule has 0 saturated heterocycles. The van der Waals surface area contributed by atoms with E-state index >= 15 is 9.59 Å². The Hall–Kier alpha value is -4.83. The van der Waals surface area contributed by atoms with Gasteiger partial charge in [-0.2, -0.15) is 0 Å². The molecule has 0 heterocycles. The number of allylic oxidation sites excluding steroid dienone is 2. The highest BCUT2D eigenvalue weighted by atomic mass is 35.5. The fourth-order valence-electron chi connectivity index (χ4n) is 7.27. The standard InChI is InChI=1S/C41H31ClO3/c1-45-41-26-34(28-22-24-33(42)25-23-28)38(43)40(39(41)44,37(31-18-10-4-11-19-31)32-20-12-5-13-21-32)27-35(41)36(29-14-6-2-7-15-29)30-16-8-3-9-17-30/h2-27,36-37H,1H3/t40-,41-/m0/s1. The van der Waals surface area contributed by atoms with Gasteiger partial charge < -0.3 is 4.74 Å². The molecule has 2 aliphatic rings. The minimum atomic E-state index is -1.58. The second kappa shape index (κ2) is 11.6. The van der Waals surface area contributed by atoms with Crippen molar-refractivity contribution < 1.29 is 14.3 Å².